The summed E-state index contributed by atoms with van der Waals surface area (Å²) in [5.74, 6) is 0.768. The number of benzene rings is 1. The van der Waals surface area contributed by atoms with Crippen LogP contribution in [0.15, 0.2) is 18.2 Å². The van der Waals surface area contributed by atoms with Gasteiger partial charge in [-0.25, -0.2) is 0 Å². The molecule has 0 amide bonds. The molecular formula is C13H21N2O2P. The summed E-state index contributed by atoms with van der Waals surface area (Å²) >= 11 is 0. The van der Waals surface area contributed by atoms with Gasteiger partial charge < -0.3 is 19.5 Å². The Morgan fingerprint density at radius 3 is 2.56 bits per heavy atom. The molecule has 18 heavy (non-hydrogen) atoms. The first-order valence-electron chi connectivity index (χ1n) is 6.22. The lowest BCUT2D eigenvalue weighted by atomic mass is 10.3. The summed E-state index contributed by atoms with van der Waals surface area (Å²) < 4.78 is 18.3. The van der Waals surface area contributed by atoms with E-state index in [9.17, 15) is 4.57 Å². The van der Waals surface area contributed by atoms with Crippen molar-refractivity contribution in [1.29, 1.82) is 0 Å². The van der Waals surface area contributed by atoms with Gasteiger partial charge in [-0.05, 0) is 25.2 Å². The summed E-state index contributed by atoms with van der Waals surface area (Å²) in [6, 6.07) is 5.85. The SMILES string of the molecule is CNc1ccc(P2(=O)CCN(C)CC2)cc1OC. The summed E-state index contributed by atoms with van der Waals surface area (Å²) in [5.41, 5.74) is 0.932. The van der Waals surface area contributed by atoms with Crippen LogP contribution in [-0.4, -0.2) is 51.5 Å². The third kappa shape index (κ3) is 2.55. The van der Waals surface area contributed by atoms with Gasteiger partial charge >= 0.3 is 0 Å². The molecule has 2 rings (SSSR count). The predicted molar refractivity (Wildman–Crippen MR) is 77.0 cm³/mol. The van der Waals surface area contributed by atoms with Gasteiger partial charge in [0.2, 0.25) is 0 Å². The van der Waals surface area contributed by atoms with Crippen molar-refractivity contribution in [2.45, 2.75) is 0 Å². The molecule has 0 unspecified atom stereocenters. The molecule has 0 aliphatic carbocycles. The second-order valence-electron chi connectivity index (χ2n) is 4.77. The Kier molecular flexibility index (Phi) is 3.98. The van der Waals surface area contributed by atoms with Gasteiger partial charge in [0.1, 0.15) is 12.9 Å². The highest BCUT2D eigenvalue weighted by Crippen LogP contribution is 2.47. The van der Waals surface area contributed by atoms with Gasteiger partial charge in [0.25, 0.3) is 0 Å². The highest BCUT2D eigenvalue weighted by Gasteiger charge is 2.29. The van der Waals surface area contributed by atoms with Gasteiger partial charge in [-0.3, -0.25) is 0 Å². The maximum Gasteiger partial charge on any atom is 0.142 e. The molecule has 100 valence electrons. The fourth-order valence-corrected chi connectivity index (χ4v) is 5.05. The number of nitrogens with one attached hydrogen (secondary N) is 1. The van der Waals surface area contributed by atoms with E-state index in [1.807, 2.05) is 25.2 Å². The lowest BCUT2D eigenvalue weighted by Crippen LogP contribution is -2.34. The van der Waals surface area contributed by atoms with Crippen molar-refractivity contribution in [3.8, 4) is 5.75 Å². The van der Waals surface area contributed by atoms with E-state index in [0.29, 0.717) is 0 Å². The average molecular weight is 268 g/mol. The molecule has 0 spiro atoms. The Morgan fingerprint density at radius 1 is 1.33 bits per heavy atom. The second kappa shape index (κ2) is 5.33. The van der Waals surface area contributed by atoms with Gasteiger partial charge in [0.05, 0.1) is 12.8 Å². The molecule has 5 heteroatoms. The van der Waals surface area contributed by atoms with Gasteiger partial charge in [-0.2, -0.15) is 0 Å². The van der Waals surface area contributed by atoms with E-state index in [-0.39, 0.29) is 0 Å². The van der Waals surface area contributed by atoms with Crippen molar-refractivity contribution in [3.63, 3.8) is 0 Å². The third-order valence-corrected chi connectivity index (χ3v) is 6.67. The van der Waals surface area contributed by atoms with Crippen LogP contribution in [0.1, 0.15) is 0 Å². The Labute approximate surface area is 109 Å². The normalized spacial score (nSPS) is 19.5. The highest BCUT2D eigenvalue weighted by molar-refractivity contribution is 7.71. The molecule has 1 aliphatic rings. The quantitative estimate of drug-likeness (QED) is 0.847. The van der Waals surface area contributed by atoms with Crippen LogP contribution in [0.25, 0.3) is 0 Å². The molecule has 1 heterocycles. The van der Waals surface area contributed by atoms with Crippen LogP contribution in [0.5, 0.6) is 5.75 Å². The summed E-state index contributed by atoms with van der Waals surface area (Å²) in [6.45, 7) is 1.82. The molecule has 1 saturated heterocycles. The van der Waals surface area contributed by atoms with E-state index in [2.05, 4.69) is 17.3 Å². The molecule has 0 saturated carbocycles. The number of anilines is 1. The van der Waals surface area contributed by atoms with Gasteiger partial charge in [-0.15, -0.1) is 0 Å². The Balaban J connectivity index is 2.31. The Bertz CT molecular complexity index is 464. The van der Waals surface area contributed by atoms with E-state index in [4.69, 9.17) is 4.74 Å². The van der Waals surface area contributed by atoms with Crippen molar-refractivity contribution in [2.24, 2.45) is 0 Å². The van der Waals surface area contributed by atoms with Crippen molar-refractivity contribution < 1.29 is 9.30 Å². The largest absolute Gasteiger partial charge is 0.495 e. The summed E-state index contributed by atoms with van der Waals surface area (Å²) in [6.07, 6.45) is 1.54. The minimum atomic E-state index is -2.22. The molecule has 0 aromatic heterocycles. The topological polar surface area (TPSA) is 41.6 Å². The van der Waals surface area contributed by atoms with Gasteiger partial charge in [0.15, 0.2) is 0 Å². The molecule has 1 aliphatic heterocycles. The lowest BCUT2D eigenvalue weighted by molar-refractivity contribution is 0.361. The zero-order valence-corrected chi connectivity index (χ0v) is 12.2. The lowest BCUT2D eigenvalue weighted by Gasteiger charge is -2.30. The first-order chi connectivity index (χ1) is 8.59. The Hall–Kier alpha value is -0.990. The number of rotatable bonds is 3. The van der Waals surface area contributed by atoms with E-state index >= 15 is 0 Å². The molecule has 1 fully saturated rings. The van der Waals surface area contributed by atoms with Crippen LogP contribution < -0.4 is 15.4 Å². The highest BCUT2D eigenvalue weighted by atomic mass is 31.2. The zero-order valence-electron chi connectivity index (χ0n) is 11.3. The standard InChI is InChI=1S/C13H21N2O2P/c1-14-12-5-4-11(10-13(12)17-3)18(16)8-6-15(2)7-9-18/h4-5,10,14H,6-9H2,1-3H3. The maximum atomic E-state index is 12.9. The fourth-order valence-electron chi connectivity index (χ4n) is 2.29. The summed E-state index contributed by atoms with van der Waals surface area (Å²) in [5, 5.41) is 4.02. The molecule has 1 aromatic carbocycles. The summed E-state index contributed by atoms with van der Waals surface area (Å²) in [4.78, 5) is 2.23. The minimum absolute atomic E-state index is 0.768. The van der Waals surface area contributed by atoms with Crippen molar-refractivity contribution in [1.82, 2.24) is 4.90 Å². The number of hydrogen-bond acceptors (Lipinski definition) is 4. The second-order valence-corrected chi connectivity index (χ2v) is 7.96. The predicted octanol–water partition coefficient (Wildman–Crippen LogP) is 1.67. The number of ether oxygens (including phenoxy) is 1. The molecular weight excluding hydrogens is 247 g/mol. The number of methoxy groups -OCH3 is 1. The molecule has 1 aromatic rings. The first kappa shape index (κ1) is 13.4. The number of nitrogens with zero attached hydrogens (tertiary/aromatic N) is 1. The van der Waals surface area contributed by atoms with E-state index in [1.54, 1.807) is 7.11 Å². The van der Waals surface area contributed by atoms with Crippen LogP contribution in [-0.2, 0) is 4.57 Å². The fraction of sp³-hybridized carbons (Fsp3) is 0.538. The third-order valence-electron chi connectivity index (χ3n) is 3.61. The van der Waals surface area contributed by atoms with Crippen LogP contribution in [0.3, 0.4) is 0 Å². The molecule has 0 radical (unpaired) electrons. The van der Waals surface area contributed by atoms with Crippen molar-refractivity contribution in [2.75, 3.05) is 51.9 Å². The van der Waals surface area contributed by atoms with Gasteiger partial charge in [-0.1, -0.05) is 0 Å². The van der Waals surface area contributed by atoms with Crippen molar-refractivity contribution in [3.05, 3.63) is 18.2 Å². The molecule has 1 N–H and O–H groups in total. The number of hydrogen-bond donors (Lipinski definition) is 1. The van der Waals surface area contributed by atoms with Crippen LogP contribution >= 0.6 is 7.14 Å². The van der Waals surface area contributed by atoms with E-state index in [1.165, 1.54) is 0 Å². The zero-order chi connectivity index (χ0) is 13.2. The first-order valence-corrected chi connectivity index (χ1v) is 8.30. The van der Waals surface area contributed by atoms with E-state index in [0.717, 1.165) is 42.2 Å². The maximum absolute atomic E-state index is 12.9. The van der Waals surface area contributed by atoms with Crippen LogP contribution in [0.2, 0.25) is 0 Å². The Morgan fingerprint density at radius 2 is 2.00 bits per heavy atom. The molecule has 0 atom stereocenters. The average Bonchev–Trinajstić information content (AvgIpc) is 2.41. The van der Waals surface area contributed by atoms with Crippen LogP contribution in [0.4, 0.5) is 5.69 Å². The smallest absolute Gasteiger partial charge is 0.142 e. The minimum Gasteiger partial charge on any atom is -0.495 e. The molecule has 0 bridgehead atoms. The molecule has 4 nitrogen and oxygen atoms in total. The summed E-state index contributed by atoms with van der Waals surface area (Å²) in [7, 11) is 3.35. The van der Waals surface area contributed by atoms with Crippen LogP contribution in [0, 0.1) is 0 Å². The van der Waals surface area contributed by atoms with Gasteiger partial charge in [0, 0.05) is 37.8 Å². The van der Waals surface area contributed by atoms with Crippen molar-refractivity contribution >= 4 is 18.1 Å². The monoisotopic (exact) mass is 268 g/mol. The van der Waals surface area contributed by atoms with E-state index < -0.39 is 7.14 Å².